The summed E-state index contributed by atoms with van der Waals surface area (Å²) in [7, 11) is 0. The van der Waals surface area contributed by atoms with E-state index in [1.807, 2.05) is 24.3 Å². The predicted octanol–water partition coefficient (Wildman–Crippen LogP) is 1.41. The largest absolute Gasteiger partial charge is 0.480 e. The summed E-state index contributed by atoms with van der Waals surface area (Å²) < 4.78 is 0.888. The minimum atomic E-state index is -1.17. The van der Waals surface area contributed by atoms with E-state index in [1.54, 1.807) is 6.08 Å². The maximum Gasteiger partial charge on any atom is 0.326 e. The quantitative estimate of drug-likeness (QED) is 0.689. The Labute approximate surface area is 119 Å². The number of halogens is 1. The number of carboxylic acid groups (broad SMARTS) is 1. The molecule has 0 radical (unpaired) electrons. The average Bonchev–Trinajstić information content (AvgIpc) is 2.36. The molecule has 3 N–H and O–H groups in total. The molecule has 0 aliphatic heterocycles. The van der Waals surface area contributed by atoms with Crippen LogP contribution in [0.2, 0.25) is 0 Å². The zero-order chi connectivity index (χ0) is 14.3. The third kappa shape index (κ3) is 5.67. The smallest absolute Gasteiger partial charge is 0.326 e. The number of aliphatic carboxylic acids is 1. The summed E-state index contributed by atoms with van der Waals surface area (Å²) in [6.45, 7) is -0.299. The van der Waals surface area contributed by atoms with E-state index in [2.05, 4.69) is 21.2 Å². The third-order valence-corrected chi connectivity index (χ3v) is 2.80. The lowest BCUT2D eigenvalue weighted by atomic mass is 10.2. The van der Waals surface area contributed by atoms with Crippen LogP contribution in [-0.2, 0) is 9.59 Å². The molecule has 102 valence electrons. The van der Waals surface area contributed by atoms with Gasteiger partial charge < -0.3 is 15.5 Å². The first-order chi connectivity index (χ1) is 9.02. The average molecular weight is 328 g/mol. The molecule has 5 nitrogen and oxygen atoms in total. The normalized spacial score (nSPS) is 12.3. The van der Waals surface area contributed by atoms with E-state index in [4.69, 9.17) is 10.2 Å². The highest BCUT2D eigenvalue weighted by Crippen LogP contribution is 2.12. The summed E-state index contributed by atoms with van der Waals surface area (Å²) in [5, 5.41) is 19.8. The molecule has 0 aliphatic carbocycles. The van der Waals surface area contributed by atoms with Gasteiger partial charge >= 0.3 is 5.97 Å². The van der Waals surface area contributed by atoms with Crippen LogP contribution in [0.25, 0.3) is 6.08 Å². The molecule has 1 rings (SSSR count). The number of carboxylic acids is 1. The van der Waals surface area contributed by atoms with E-state index in [0.29, 0.717) is 0 Å². The summed E-state index contributed by atoms with van der Waals surface area (Å²) in [5.74, 6) is -1.68. The number of aliphatic hydroxyl groups excluding tert-OH is 1. The van der Waals surface area contributed by atoms with Gasteiger partial charge in [-0.3, -0.25) is 4.79 Å². The highest BCUT2D eigenvalue weighted by molar-refractivity contribution is 9.10. The molecule has 1 aromatic carbocycles. The number of amides is 1. The Morgan fingerprint density at radius 1 is 1.42 bits per heavy atom. The van der Waals surface area contributed by atoms with Crippen LogP contribution in [-0.4, -0.2) is 34.7 Å². The van der Waals surface area contributed by atoms with Crippen molar-refractivity contribution in [2.45, 2.75) is 12.5 Å². The van der Waals surface area contributed by atoms with E-state index in [0.717, 1.165) is 10.0 Å². The Bertz CT molecular complexity index is 487. The highest BCUT2D eigenvalue weighted by Gasteiger charge is 2.17. The minimum absolute atomic E-state index is 0.0220. The standard InChI is InChI=1S/C13H14BrNO4/c14-10-3-1-2-9(8-10)4-5-12(17)15-11(6-7-16)13(18)19/h1-5,8,11,16H,6-7H2,(H,15,17)(H,18,19)/b5-4+. The van der Waals surface area contributed by atoms with Crippen LogP contribution in [0.1, 0.15) is 12.0 Å². The predicted molar refractivity (Wildman–Crippen MR) is 74.4 cm³/mol. The Kier molecular flexibility index (Phi) is 6.24. The van der Waals surface area contributed by atoms with Crippen molar-refractivity contribution in [2.24, 2.45) is 0 Å². The van der Waals surface area contributed by atoms with Gasteiger partial charge in [0.1, 0.15) is 6.04 Å². The topological polar surface area (TPSA) is 86.6 Å². The molecule has 0 spiro atoms. The maximum atomic E-state index is 11.5. The summed E-state index contributed by atoms with van der Waals surface area (Å²) >= 11 is 3.31. The molecule has 1 atom stereocenters. The molecule has 0 aromatic heterocycles. The molecule has 1 unspecified atom stereocenters. The van der Waals surface area contributed by atoms with Gasteiger partial charge in [0.15, 0.2) is 0 Å². The van der Waals surface area contributed by atoms with Crippen molar-refractivity contribution in [3.8, 4) is 0 Å². The first kappa shape index (κ1) is 15.4. The minimum Gasteiger partial charge on any atom is -0.480 e. The summed E-state index contributed by atoms with van der Waals surface area (Å²) in [5.41, 5.74) is 0.818. The Morgan fingerprint density at radius 3 is 2.74 bits per heavy atom. The highest BCUT2D eigenvalue weighted by atomic mass is 79.9. The monoisotopic (exact) mass is 327 g/mol. The number of carbonyl (C=O) groups is 2. The van der Waals surface area contributed by atoms with E-state index in [1.165, 1.54) is 6.08 Å². The van der Waals surface area contributed by atoms with Crippen LogP contribution in [0.4, 0.5) is 0 Å². The van der Waals surface area contributed by atoms with Crippen molar-refractivity contribution in [2.75, 3.05) is 6.61 Å². The van der Waals surface area contributed by atoms with E-state index in [-0.39, 0.29) is 13.0 Å². The number of benzene rings is 1. The first-order valence-electron chi connectivity index (χ1n) is 5.60. The first-order valence-corrected chi connectivity index (χ1v) is 6.40. The molecule has 0 aliphatic rings. The lowest BCUT2D eigenvalue weighted by Gasteiger charge is -2.11. The Hall–Kier alpha value is -1.66. The zero-order valence-electron chi connectivity index (χ0n) is 10.0. The van der Waals surface area contributed by atoms with Crippen LogP contribution in [0.3, 0.4) is 0 Å². The van der Waals surface area contributed by atoms with Crippen LogP contribution >= 0.6 is 15.9 Å². The zero-order valence-corrected chi connectivity index (χ0v) is 11.6. The van der Waals surface area contributed by atoms with Crippen molar-refractivity contribution in [3.05, 3.63) is 40.4 Å². The van der Waals surface area contributed by atoms with E-state index >= 15 is 0 Å². The molecular weight excluding hydrogens is 314 g/mol. The molecule has 1 amide bonds. The van der Waals surface area contributed by atoms with Gasteiger partial charge in [-0.15, -0.1) is 0 Å². The molecule has 6 heteroatoms. The molecule has 0 fully saturated rings. The second-order valence-electron chi connectivity index (χ2n) is 3.80. The fourth-order valence-electron chi connectivity index (χ4n) is 1.39. The number of rotatable bonds is 6. The van der Waals surface area contributed by atoms with Gasteiger partial charge in [-0.25, -0.2) is 4.79 Å². The van der Waals surface area contributed by atoms with Crippen molar-refractivity contribution in [3.63, 3.8) is 0 Å². The molecule has 19 heavy (non-hydrogen) atoms. The summed E-state index contributed by atoms with van der Waals surface area (Å²) in [4.78, 5) is 22.3. The molecule has 0 saturated heterocycles. The van der Waals surface area contributed by atoms with Gasteiger partial charge in [-0.1, -0.05) is 28.1 Å². The number of nitrogens with one attached hydrogen (secondary N) is 1. The van der Waals surface area contributed by atoms with Gasteiger partial charge in [0.05, 0.1) is 0 Å². The van der Waals surface area contributed by atoms with Gasteiger partial charge in [0, 0.05) is 23.6 Å². The number of aliphatic hydroxyl groups is 1. The van der Waals surface area contributed by atoms with Crippen LogP contribution in [0.5, 0.6) is 0 Å². The molecule has 0 bridgehead atoms. The molecule has 0 heterocycles. The summed E-state index contributed by atoms with van der Waals surface area (Å²) in [6.07, 6.45) is 2.82. The Balaban J connectivity index is 2.61. The second kappa shape index (κ2) is 7.70. The summed E-state index contributed by atoms with van der Waals surface area (Å²) in [6, 6.07) is 6.25. The maximum absolute atomic E-state index is 11.5. The Morgan fingerprint density at radius 2 is 2.16 bits per heavy atom. The van der Waals surface area contributed by atoms with Gasteiger partial charge in [0.25, 0.3) is 0 Å². The fourth-order valence-corrected chi connectivity index (χ4v) is 1.81. The van der Waals surface area contributed by atoms with Gasteiger partial charge in [0.2, 0.25) is 5.91 Å². The van der Waals surface area contributed by atoms with E-state index < -0.39 is 17.9 Å². The van der Waals surface area contributed by atoms with Gasteiger partial charge in [-0.2, -0.15) is 0 Å². The number of hydrogen-bond donors (Lipinski definition) is 3. The number of hydrogen-bond acceptors (Lipinski definition) is 3. The second-order valence-corrected chi connectivity index (χ2v) is 4.72. The fraction of sp³-hybridized carbons (Fsp3) is 0.231. The van der Waals surface area contributed by atoms with Crippen molar-refractivity contribution < 1.29 is 19.8 Å². The van der Waals surface area contributed by atoms with Crippen LogP contribution in [0.15, 0.2) is 34.8 Å². The molecule has 1 aromatic rings. The third-order valence-electron chi connectivity index (χ3n) is 2.31. The molecular formula is C13H14BrNO4. The van der Waals surface area contributed by atoms with Crippen molar-refractivity contribution in [1.29, 1.82) is 0 Å². The van der Waals surface area contributed by atoms with Crippen LogP contribution in [0, 0.1) is 0 Å². The lowest BCUT2D eigenvalue weighted by Crippen LogP contribution is -2.40. The SMILES string of the molecule is O=C(/C=C/c1cccc(Br)c1)NC(CCO)C(=O)O. The lowest BCUT2D eigenvalue weighted by molar-refractivity contribution is -0.141. The van der Waals surface area contributed by atoms with E-state index in [9.17, 15) is 9.59 Å². The van der Waals surface area contributed by atoms with Crippen molar-refractivity contribution in [1.82, 2.24) is 5.32 Å². The van der Waals surface area contributed by atoms with Crippen LogP contribution < -0.4 is 5.32 Å². The van der Waals surface area contributed by atoms with Gasteiger partial charge in [-0.05, 0) is 23.8 Å². The molecule has 0 saturated carbocycles. The number of carbonyl (C=O) groups excluding carboxylic acids is 1. The van der Waals surface area contributed by atoms with Crippen molar-refractivity contribution >= 4 is 33.9 Å².